The first-order valence-corrected chi connectivity index (χ1v) is 12.1. The van der Waals surface area contributed by atoms with Crippen LogP contribution in [0.5, 0.6) is 0 Å². The fourth-order valence-corrected chi connectivity index (χ4v) is 3.66. The average Bonchev–Trinajstić information content (AvgIpc) is 2.87. The van der Waals surface area contributed by atoms with Gasteiger partial charge in [0.1, 0.15) is 11.3 Å². The first-order valence-electron chi connectivity index (χ1n) is 12.1. The minimum Gasteiger partial charge on any atom is -0.371 e. The fraction of sp³-hybridized carbons (Fsp3) is 0.333. The Morgan fingerprint density at radius 2 is 1.94 bits per heavy atom. The summed E-state index contributed by atoms with van der Waals surface area (Å²) in [5.41, 5.74) is 3.18. The Hall–Kier alpha value is -3.88. The van der Waals surface area contributed by atoms with Crippen molar-refractivity contribution in [2.75, 3.05) is 25.0 Å². The molecule has 0 aliphatic heterocycles. The molecule has 2 heterocycles. The highest BCUT2D eigenvalue weighted by Crippen LogP contribution is 2.18. The van der Waals surface area contributed by atoms with E-state index in [2.05, 4.69) is 44.3 Å². The first-order chi connectivity index (χ1) is 17.5. The van der Waals surface area contributed by atoms with Crippen LogP contribution in [0.4, 0.5) is 19.4 Å². The van der Waals surface area contributed by atoms with E-state index >= 15 is 0 Å². The van der Waals surface area contributed by atoms with E-state index in [0.29, 0.717) is 41.3 Å². The number of aryl methyl sites for hydroxylation is 1. The standard InChI is InChI=1S/C27H32F2N6O/c1-3-16-35(19-24(28)29)18-21(4-2)23-17-31-22-13-14-25(33-26(22)32-23)34-27(36)30-15-9-8-12-20-10-6-5-7-11-20/h4-7,10-11,13-14,17-18,24H,2-3,8-9,12,15-16,19H2,1H3,(H2,30,32,33,34,36)/b21-18+. The quantitative estimate of drug-likeness (QED) is 0.236. The maximum absolute atomic E-state index is 12.9. The van der Waals surface area contributed by atoms with Crippen LogP contribution >= 0.6 is 0 Å². The SMILES string of the molecule is C=C/C(=C\N(CCC)CC(F)F)c1cnc2ccc(NC(=O)NCCCCc3ccccc3)nc2n1. The van der Waals surface area contributed by atoms with Crippen molar-refractivity contribution in [3.05, 3.63) is 78.8 Å². The van der Waals surface area contributed by atoms with Crippen molar-refractivity contribution in [3.8, 4) is 0 Å². The Bertz CT molecular complexity index is 1170. The van der Waals surface area contributed by atoms with E-state index in [1.54, 1.807) is 35.5 Å². The minimum absolute atomic E-state index is 0.330. The molecule has 2 N–H and O–H groups in total. The number of allylic oxidation sites excluding steroid dienone is 2. The van der Waals surface area contributed by atoms with Gasteiger partial charge in [-0.25, -0.2) is 23.5 Å². The number of amides is 2. The topological polar surface area (TPSA) is 83.0 Å². The van der Waals surface area contributed by atoms with Gasteiger partial charge >= 0.3 is 6.03 Å². The summed E-state index contributed by atoms with van der Waals surface area (Å²) in [5.74, 6) is 0.338. The molecule has 1 aromatic carbocycles. The number of halogens is 2. The Morgan fingerprint density at radius 3 is 2.67 bits per heavy atom. The fourth-order valence-electron chi connectivity index (χ4n) is 3.66. The van der Waals surface area contributed by atoms with E-state index in [1.165, 1.54) is 5.56 Å². The number of alkyl halides is 2. The number of anilines is 1. The molecule has 0 spiro atoms. The summed E-state index contributed by atoms with van der Waals surface area (Å²) < 4.78 is 25.9. The molecular weight excluding hydrogens is 462 g/mol. The van der Waals surface area contributed by atoms with Gasteiger partial charge < -0.3 is 10.2 Å². The Balaban J connectivity index is 1.61. The highest BCUT2D eigenvalue weighted by atomic mass is 19.3. The summed E-state index contributed by atoms with van der Waals surface area (Å²) in [6.45, 7) is 6.37. The van der Waals surface area contributed by atoms with Gasteiger partial charge in [-0.1, -0.05) is 49.9 Å². The number of urea groups is 1. The van der Waals surface area contributed by atoms with Gasteiger partial charge in [-0.2, -0.15) is 0 Å². The number of rotatable bonds is 13. The van der Waals surface area contributed by atoms with Gasteiger partial charge in [0, 0.05) is 24.9 Å². The molecule has 0 aliphatic rings. The lowest BCUT2D eigenvalue weighted by atomic mass is 10.1. The molecule has 0 unspecified atom stereocenters. The first kappa shape index (κ1) is 26.7. The second-order valence-electron chi connectivity index (χ2n) is 8.29. The van der Waals surface area contributed by atoms with Crippen LogP contribution in [0.3, 0.4) is 0 Å². The summed E-state index contributed by atoms with van der Waals surface area (Å²) in [7, 11) is 0. The molecule has 190 valence electrons. The number of benzene rings is 1. The molecule has 3 rings (SSSR count). The summed E-state index contributed by atoms with van der Waals surface area (Å²) in [4.78, 5) is 27.1. The van der Waals surface area contributed by atoms with E-state index in [9.17, 15) is 13.6 Å². The highest BCUT2D eigenvalue weighted by molar-refractivity contribution is 5.89. The predicted octanol–water partition coefficient (Wildman–Crippen LogP) is 5.67. The summed E-state index contributed by atoms with van der Waals surface area (Å²) in [6, 6.07) is 13.3. The zero-order valence-electron chi connectivity index (χ0n) is 20.5. The lowest BCUT2D eigenvalue weighted by Gasteiger charge is -2.20. The average molecular weight is 495 g/mol. The minimum atomic E-state index is -2.45. The summed E-state index contributed by atoms with van der Waals surface area (Å²) in [6.07, 6.45) is 5.80. The van der Waals surface area contributed by atoms with E-state index in [1.807, 2.05) is 25.1 Å². The number of nitrogens with one attached hydrogen (secondary N) is 2. The number of unbranched alkanes of at least 4 members (excludes halogenated alkanes) is 1. The molecule has 0 radical (unpaired) electrons. The lowest BCUT2D eigenvalue weighted by Crippen LogP contribution is -2.29. The van der Waals surface area contributed by atoms with Crippen molar-refractivity contribution >= 4 is 28.6 Å². The third kappa shape index (κ3) is 8.41. The Morgan fingerprint density at radius 1 is 1.14 bits per heavy atom. The molecule has 2 amide bonds. The number of hydrogen-bond donors (Lipinski definition) is 2. The van der Waals surface area contributed by atoms with Crippen molar-refractivity contribution in [2.45, 2.75) is 39.0 Å². The smallest absolute Gasteiger partial charge is 0.320 e. The summed E-state index contributed by atoms with van der Waals surface area (Å²) in [5, 5.41) is 5.56. The van der Waals surface area contributed by atoms with E-state index in [-0.39, 0.29) is 12.6 Å². The monoisotopic (exact) mass is 494 g/mol. The number of nitrogens with zero attached hydrogens (tertiary/aromatic N) is 4. The van der Waals surface area contributed by atoms with Crippen molar-refractivity contribution < 1.29 is 13.6 Å². The number of fused-ring (bicyclic) bond motifs is 1. The molecule has 0 bridgehead atoms. The van der Waals surface area contributed by atoms with Crippen LogP contribution in [0.1, 0.15) is 37.4 Å². The van der Waals surface area contributed by atoms with Crippen LogP contribution in [0.25, 0.3) is 16.7 Å². The van der Waals surface area contributed by atoms with Gasteiger partial charge in [0.2, 0.25) is 0 Å². The zero-order valence-corrected chi connectivity index (χ0v) is 20.5. The number of carbonyl (C=O) groups excluding carboxylic acids is 1. The van der Waals surface area contributed by atoms with Crippen molar-refractivity contribution in [3.63, 3.8) is 0 Å². The van der Waals surface area contributed by atoms with Crippen LogP contribution in [-0.4, -0.2) is 51.9 Å². The van der Waals surface area contributed by atoms with Crippen molar-refractivity contribution in [2.24, 2.45) is 0 Å². The van der Waals surface area contributed by atoms with Crippen molar-refractivity contribution in [1.29, 1.82) is 0 Å². The van der Waals surface area contributed by atoms with E-state index in [0.717, 1.165) is 25.7 Å². The summed E-state index contributed by atoms with van der Waals surface area (Å²) >= 11 is 0. The van der Waals surface area contributed by atoms with E-state index in [4.69, 9.17) is 0 Å². The largest absolute Gasteiger partial charge is 0.371 e. The Kier molecular flexibility index (Phi) is 10.3. The second kappa shape index (κ2) is 13.9. The molecule has 2 aromatic heterocycles. The third-order valence-electron chi connectivity index (χ3n) is 5.39. The van der Waals surface area contributed by atoms with E-state index < -0.39 is 6.43 Å². The number of aromatic nitrogens is 3. The van der Waals surface area contributed by atoms with Gasteiger partial charge in [-0.3, -0.25) is 10.3 Å². The number of hydrogen-bond acceptors (Lipinski definition) is 5. The Labute approximate surface area is 210 Å². The third-order valence-corrected chi connectivity index (χ3v) is 5.39. The van der Waals surface area contributed by atoms with Gasteiger partial charge in [-0.05, 0) is 43.4 Å². The molecule has 0 saturated carbocycles. The molecule has 0 fully saturated rings. The molecule has 0 saturated heterocycles. The lowest BCUT2D eigenvalue weighted by molar-refractivity contribution is 0.109. The molecule has 3 aromatic rings. The van der Waals surface area contributed by atoms with Crippen LogP contribution < -0.4 is 10.6 Å². The second-order valence-corrected chi connectivity index (χ2v) is 8.29. The molecule has 9 heteroatoms. The molecule has 7 nitrogen and oxygen atoms in total. The number of pyridine rings is 1. The maximum atomic E-state index is 12.9. The molecule has 0 aliphatic carbocycles. The van der Waals surface area contributed by atoms with Crippen molar-refractivity contribution in [1.82, 2.24) is 25.2 Å². The van der Waals surface area contributed by atoms with Gasteiger partial charge in [0.05, 0.1) is 18.4 Å². The highest BCUT2D eigenvalue weighted by Gasteiger charge is 2.12. The number of carbonyl (C=O) groups is 1. The predicted molar refractivity (Wildman–Crippen MR) is 140 cm³/mol. The molecular formula is C27H32F2N6O. The maximum Gasteiger partial charge on any atom is 0.320 e. The van der Waals surface area contributed by atoms with Gasteiger partial charge in [0.15, 0.2) is 5.65 Å². The van der Waals surface area contributed by atoms with Gasteiger partial charge in [0.25, 0.3) is 6.43 Å². The normalized spacial score (nSPS) is 11.5. The van der Waals surface area contributed by atoms with Crippen LogP contribution in [0, 0.1) is 0 Å². The van der Waals surface area contributed by atoms with Crippen LogP contribution in [0.2, 0.25) is 0 Å². The zero-order chi connectivity index (χ0) is 25.8. The van der Waals surface area contributed by atoms with Crippen LogP contribution in [-0.2, 0) is 6.42 Å². The van der Waals surface area contributed by atoms with Gasteiger partial charge in [-0.15, -0.1) is 0 Å². The van der Waals surface area contributed by atoms with Crippen LogP contribution in [0.15, 0.2) is 67.5 Å². The molecule has 36 heavy (non-hydrogen) atoms. The molecule has 0 atom stereocenters.